The molecule has 4 heteroatoms. The molecule has 1 aromatic rings. The van der Waals surface area contributed by atoms with Crippen LogP contribution in [0.2, 0.25) is 0 Å². The van der Waals surface area contributed by atoms with Gasteiger partial charge < -0.3 is 5.32 Å². The fourth-order valence-corrected chi connectivity index (χ4v) is 2.85. The lowest BCUT2D eigenvalue weighted by Crippen LogP contribution is -2.26. The normalized spacial score (nSPS) is 23.1. The molecule has 0 saturated heterocycles. The molecule has 1 aliphatic carbocycles. The van der Waals surface area contributed by atoms with Crippen molar-refractivity contribution in [3.05, 3.63) is 33.4 Å². The first kappa shape index (κ1) is 13.8. The van der Waals surface area contributed by atoms with Gasteiger partial charge in [0.15, 0.2) is 0 Å². The van der Waals surface area contributed by atoms with Crippen molar-refractivity contribution in [2.75, 3.05) is 5.32 Å². The predicted octanol–water partition coefficient (Wildman–Crippen LogP) is 4.20. The van der Waals surface area contributed by atoms with E-state index in [1.54, 1.807) is 6.07 Å². The summed E-state index contributed by atoms with van der Waals surface area (Å²) in [6.07, 6.45) is 4.68. The molecule has 4 nitrogen and oxygen atoms in total. The second-order valence-corrected chi connectivity index (χ2v) is 5.82. The minimum Gasteiger partial charge on any atom is -0.377 e. The fraction of sp³-hybridized carbons (Fsp3) is 0.600. The number of anilines is 1. The van der Waals surface area contributed by atoms with Gasteiger partial charge in [-0.25, -0.2) is 0 Å². The molecule has 1 aliphatic rings. The summed E-state index contributed by atoms with van der Waals surface area (Å²) in [5.41, 5.74) is 2.93. The maximum atomic E-state index is 11.2. The van der Waals surface area contributed by atoms with Crippen LogP contribution in [0.3, 0.4) is 0 Å². The molecule has 1 N–H and O–H groups in total. The number of hydrogen-bond donors (Lipinski definition) is 1. The van der Waals surface area contributed by atoms with Crippen LogP contribution in [0.15, 0.2) is 12.1 Å². The van der Waals surface area contributed by atoms with Crippen LogP contribution in [0, 0.1) is 29.9 Å². The summed E-state index contributed by atoms with van der Waals surface area (Å²) in [4.78, 5) is 10.9. The van der Waals surface area contributed by atoms with Gasteiger partial charge in [0.25, 0.3) is 5.69 Å². The van der Waals surface area contributed by atoms with Crippen LogP contribution in [-0.2, 0) is 0 Å². The van der Waals surface area contributed by atoms with Gasteiger partial charge in [-0.1, -0.05) is 19.8 Å². The van der Waals surface area contributed by atoms with Crippen LogP contribution >= 0.6 is 0 Å². The quantitative estimate of drug-likeness (QED) is 0.656. The number of benzene rings is 1. The summed E-state index contributed by atoms with van der Waals surface area (Å²) in [6, 6.07) is 3.95. The van der Waals surface area contributed by atoms with E-state index in [0.717, 1.165) is 24.0 Å². The molecule has 2 unspecified atom stereocenters. The molecule has 0 aromatic heterocycles. The molecular weight excluding hydrogens is 240 g/mol. The summed E-state index contributed by atoms with van der Waals surface area (Å²) < 4.78 is 0. The van der Waals surface area contributed by atoms with Gasteiger partial charge in [-0.05, 0) is 49.8 Å². The van der Waals surface area contributed by atoms with Crippen LogP contribution in [0.1, 0.15) is 43.7 Å². The molecule has 0 heterocycles. The van der Waals surface area contributed by atoms with Crippen molar-refractivity contribution in [2.24, 2.45) is 5.92 Å². The molecular formula is C15H22N2O2. The van der Waals surface area contributed by atoms with Gasteiger partial charge in [0, 0.05) is 12.1 Å². The van der Waals surface area contributed by atoms with Gasteiger partial charge in [-0.2, -0.15) is 0 Å². The van der Waals surface area contributed by atoms with Crippen molar-refractivity contribution in [1.29, 1.82) is 0 Å². The molecule has 1 fully saturated rings. The minimum absolute atomic E-state index is 0.196. The zero-order valence-electron chi connectivity index (χ0n) is 11.9. The predicted molar refractivity (Wildman–Crippen MR) is 77.6 cm³/mol. The Hall–Kier alpha value is -1.58. The minimum atomic E-state index is -0.291. The second-order valence-electron chi connectivity index (χ2n) is 5.82. The Morgan fingerprint density at radius 1 is 1.26 bits per heavy atom. The third kappa shape index (κ3) is 3.25. The molecule has 1 aromatic carbocycles. The highest BCUT2D eigenvalue weighted by Gasteiger charge is 2.22. The molecule has 0 amide bonds. The summed E-state index contributed by atoms with van der Waals surface area (Å²) in [6.45, 7) is 6.16. The highest BCUT2D eigenvalue weighted by Crippen LogP contribution is 2.32. The Kier molecular flexibility index (Phi) is 4.08. The highest BCUT2D eigenvalue weighted by molar-refractivity contribution is 5.64. The van der Waals surface area contributed by atoms with E-state index in [9.17, 15) is 10.1 Å². The molecule has 104 valence electrons. The largest absolute Gasteiger partial charge is 0.377 e. The molecule has 0 bridgehead atoms. The first-order chi connectivity index (χ1) is 8.97. The first-order valence-electron chi connectivity index (χ1n) is 6.99. The Labute approximate surface area is 114 Å². The Morgan fingerprint density at radius 3 is 2.58 bits per heavy atom. The van der Waals surface area contributed by atoms with Crippen molar-refractivity contribution in [3.8, 4) is 0 Å². The number of aryl methyl sites for hydroxylation is 2. The Balaban J connectivity index is 2.23. The van der Waals surface area contributed by atoms with Crippen molar-refractivity contribution < 1.29 is 4.92 Å². The number of hydrogen-bond acceptors (Lipinski definition) is 3. The summed E-state index contributed by atoms with van der Waals surface area (Å²) in [5, 5.41) is 14.5. The SMILES string of the molecule is Cc1cc(NC2CCCC(C)C2)c([N+](=O)[O-])cc1C. The zero-order valence-corrected chi connectivity index (χ0v) is 11.9. The van der Waals surface area contributed by atoms with Crippen LogP contribution in [0.4, 0.5) is 11.4 Å². The summed E-state index contributed by atoms with van der Waals surface area (Å²) in [5.74, 6) is 0.705. The topological polar surface area (TPSA) is 55.2 Å². The number of nitrogens with zero attached hydrogens (tertiary/aromatic N) is 1. The molecule has 0 aliphatic heterocycles. The van der Waals surface area contributed by atoms with Gasteiger partial charge in [0.05, 0.1) is 4.92 Å². The molecule has 2 rings (SSSR count). The monoisotopic (exact) mass is 262 g/mol. The van der Waals surface area contributed by atoms with Gasteiger partial charge in [-0.15, -0.1) is 0 Å². The summed E-state index contributed by atoms with van der Waals surface area (Å²) >= 11 is 0. The maximum Gasteiger partial charge on any atom is 0.292 e. The van der Waals surface area contributed by atoms with E-state index in [2.05, 4.69) is 12.2 Å². The summed E-state index contributed by atoms with van der Waals surface area (Å²) in [7, 11) is 0. The molecule has 2 atom stereocenters. The van der Waals surface area contributed by atoms with Crippen molar-refractivity contribution in [2.45, 2.75) is 52.5 Å². The van der Waals surface area contributed by atoms with E-state index >= 15 is 0 Å². The van der Waals surface area contributed by atoms with E-state index in [0.29, 0.717) is 17.6 Å². The molecule has 0 radical (unpaired) electrons. The standard InChI is InChI=1S/C15H22N2O2/c1-10-5-4-6-13(7-10)16-14-8-11(2)12(3)9-15(14)17(18)19/h8-10,13,16H,4-7H2,1-3H3. The fourth-order valence-electron chi connectivity index (χ4n) is 2.85. The highest BCUT2D eigenvalue weighted by atomic mass is 16.6. The van der Waals surface area contributed by atoms with Gasteiger partial charge >= 0.3 is 0 Å². The van der Waals surface area contributed by atoms with E-state index in [4.69, 9.17) is 0 Å². The number of nitro benzene ring substituents is 1. The van der Waals surface area contributed by atoms with Crippen LogP contribution < -0.4 is 5.32 Å². The van der Waals surface area contributed by atoms with Crippen LogP contribution in [0.25, 0.3) is 0 Å². The second kappa shape index (κ2) is 5.59. The van der Waals surface area contributed by atoms with Crippen molar-refractivity contribution >= 4 is 11.4 Å². The Bertz CT molecular complexity index is 485. The van der Waals surface area contributed by atoms with E-state index in [-0.39, 0.29) is 10.6 Å². The molecule has 0 spiro atoms. The lowest BCUT2D eigenvalue weighted by Gasteiger charge is -2.28. The number of rotatable bonds is 3. The van der Waals surface area contributed by atoms with Gasteiger partial charge in [-0.3, -0.25) is 10.1 Å². The first-order valence-corrected chi connectivity index (χ1v) is 6.99. The van der Waals surface area contributed by atoms with Gasteiger partial charge in [0.1, 0.15) is 5.69 Å². The van der Waals surface area contributed by atoms with E-state index < -0.39 is 0 Å². The zero-order chi connectivity index (χ0) is 14.0. The Morgan fingerprint density at radius 2 is 1.95 bits per heavy atom. The van der Waals surface area contributed by atoms with Crippen molar-refractivity contribution in [3.63, 3.8) is 0 Å². The average Bonchev–Trinajstić information content (AvgIpc) is 2.33. The van der Waals surface area contributed by atoms with Gasteiger partial charge in [0.2, 0.25) is 0 Å². The lowest BCUT2D eigenvalue weighted by atomic mass is 9.87. The van der Waals surface area contributed by atoms with Crippen LogP contribution in [0.5, 0.6) is 0 Å². The average molecular weight is 262 g/mol. The molecule has 1 saturated carbocycles. The number of nitro groups is 1. The van der Waals surface area contributed by atoms with E-state index in [1.807, 2.05) is 19.9 Å². The lowest BCUT2D eigenvalue weighted by molar-refractivity contribution is -0.384. The smallest absolute Gasteiger partial charge is 0.292 e. The van der Waals surface area contributed by atoms with Crippen LogP contribution in [-0.4, -0.2) is 11.0 Å². The third-order valence-corrected chi connectivity index (χ3v) is 4.10. The molecule has 19 heavy (non-hydrogen) atoms. The maximum absolute atomic E-state index is 11.2. The number of nitrogens with one attached hydrogen (secondary N) is 1. The van der Waals surface area contributed by atoms with Crippen molar-refractivity contribution in [1.82, 2.24) is 0 Å². The van der Waals surface area contributed by atoms with E-state index in [1.165, 1.54) is 12.8 Å². The third-order valence-electron chi connectivity index (χ3n) is 4.10.